The van der Waals surface area contributed by atoms with Crippen molar-refractivity contribution in [2.75, 3.05) is 0 Å². The zero-order chi connectivity index (χ0) is 16.2. The van der Waals surface area contributed by atoms with Crippen molar-refractivity contribution in [3.63, 3.8) is 0 Å². The number of benzene rings is 1. The summed E-state index contributed by atoms with van der Waals surface area (Å²) in [7, 11) is 0. The van der Waals surface area contributed by atoms with Crippen molar-refractivity contribution in [2.45, 2.75) is 13.5 Å². The molecule has 0 aliphatic rings. The molecule has 0 saturated heterocycles. The monoisotopic (exact) mass is 327 g/mol. The summed E-state index contributed by atoms with van der Waals surface area (Å²) in [6, 6.07) is 10.9. The molecule has 0 aliphatic carbocycles. The van der Waals surface area contributed by atoms with Gasteiger partial charge in [-0.15, -0.1) is 5.10 Å². The summed E-state index contributed by atoms with van der Waals surface area (Å²) in [4.78, 5) is 16.3. The molecule has 0 spiro atoms. The highest BCUT2D eigenvalue weighted by atomic mass is 35.5. The lowest BCUT2D eigenvalue weighted by molar-refractivity contribution is 0.0945. The van der Waals surface area contributed by atoms with Gasteiger partial charge in [0.25, 0.3) is 5.91 Å². The van der Waals surface area contributed by atoms with Gasteiger partial charge >= 0.3 is 0 Å². The number of rotatable bonds is 4. The summed E-state index contributed by atoms with van der Waals surface area (Å²) in [6.45, 7) is 2.19. The Morgan fingerprint density at radius 2 is 2.04 bits per heavy atom. The molecule has 0 fully saturated rings. The number of aromatic nitrogens is 4. The van der Waals surface area contributed by atoms with Crippen LogP contribution in [0.15, 0.2) is 48.8 Å². The fourth-order valence-electron chi connectivity index (χ4n) is 2.14. The summed E-state index contributed by atoms with van der Waals surface area (Å²) in [5.41, 5.74) is 2.68. The molecule has 3 rings (SSSR count). The number of nitrogens with zero attached hydrogens (tertiary/aromatic N) is 4. The van der Waals surface area contributed by atoms with Gasteiger partial charge in [0, 0.05) is 24.0 Å². The normalized spacial score (nSPS) is 10.5. The number of carbonyl (C=O) groups is 1. The maximum Gasteiger partial charge on any atom is 0.274 e. The van der Waals surface area contributed by atoms with Crippen LogP contribution >= 0.6 is 11.6 Å². The quantitative estimate of drug-likeness (QED) is 0.799. The van der Waals surface area contributed by atoms with Crippen molar-refractivity contribution in [2.24, 2.45) is 0 Å². The number of halogens is 1. The molecule has 0 saturated carbocycles. The SMILES string of the molecule is Cc1c(C(=O)NCc2cccnc2)nnn1-c1ccc(Cl)cc1. The standard InChI is InChI=1S/C16H14ClN5O/c1-11-15(16(23)19-10-12-3-2-8-18-9-12)20-21-22(11)14-6-4-13(17)5-7-14/h2-9H,10H2,1H3,(H,19,23). The second-order valence-corrected chi connectivity index (χ2v) is 5.39. The van der Waals surface area contributed by atoms with Crippen LogP contribution in [0, 0.1) is 6.92 Å². The van der Waals surface area contributed by atoms with E-state index in [1.165, 1.54) is 0 Å². The number of hydrogen-bond donors (Lipinski definition) is 1. The van der Waals surface area contributed by atoms with Crippen LogP contribution in [-0.2, 0) is 6.54 Å². The minimum atomic E-state index is -0.272. The summed E-state index contributed by atoms with van der Waals surface area (Å²) >= 11 is 5.88. The van der Waals surface area contributed by atoms with E-state index in [-0.39, 0.29) is 5.91 Å². The van der Waals surface area contributed by atoms with E-state index in [2.05, 4.69) is 20.6 Å². The third-order valence-corrected chi connectivity index (χ3v) is 3.61. The Morgan fingerprint density at radius 1 is 1.26 bits per heavy atom. The average Bonchev–Trinajstić information content (AvgIpc) is 2.96. The second-order valence-electron chi connectivity index (χ2n) is 4.96. The van der Waals surface area contributed by atoms with Crippen molar-refractivity contribution in [3.05, 3.63) is 70.8 Å². The molecule has 2 aromatic heterocycles. The fourth-order valence-corrected chi connectivity index (χ4v) is 2.26. The van der Waals surface area contributed by atoms with Gasteiger partial charge in [-0.05, 0) is 42.8 Å². The molecule has 116 valence electrons. The highest BCUT2D eigenvalue weighted by Crippen LogP contribution is 2.15. The highest BCUT2D eigenvalue weighted by molar-refractivity contribution is 6.30. The molecule has 0 radical (unpaired) electrons. The Bertz CT molecular complexity index is 814. The van der Waals surface area contributed by atoms with Gasteiger partial charge in [-0.25, -0.2) is 4.68 Å². The van der Waals surface area contributed by atoms with Crippen LogP contribution in [-0.4, -0.2) is 25.9 Å². The summed E-state index contributed by atoms with van der Waals surface area (Å²) in [5, 5.41) is 11.5. The minimum Gasteiger partial charge on any atom is -0.346 e. The van der Waals surface area contributed by atoms with Crippen molar-refractivity contribution in [1.82, 2.24) is 25.3 Å². The van der Waals surface area contributed by atoms with Crippen LogP contribution in [0.2, 0.25) is 5.02 Å². The molecule has 1 amide bonds. The molecule has 0 bridgehead atoms. The van der Waals surface area contributed by atoms with Crippen LogP contribution in [0.1, 0.15) is 21.7 Å². The lowest BCUT2D eigenvalue weighted by Gasteiger charge is -2.05. The molecule has 6 nitrogen and oxygen atoms in total. The Labute approximate surface area is 138 Å². The van der Waals surface area contributed by atoms with E-state index < -0.39 is 0 Å². The molecule has 1 N–H and O–H groups in total. The Morgan fingerprint density at radius 3 is 2.74 bits per heavy atom. The van der Waals surface area contributed by atoms with E-state index in [0.717, 1.165) is 11.3 Å². The van der Waals surface area contributed by atoms with Crippen molar-refractivity contribution >= 4 is 17.5 Å². The molecule has 2 heterocycles. The average molecular weight is 328 g/mol. The number of nitrogens with one attached hydrogen (secondary N) is 1. The van der Waals surface area contributed by atoms with Crippen LogP contribution in [0.4, 0.5) is 0 Å². The minimum absolute atomic E-state index is 0.272. The first-order valence-corrected chi connectivity index (χ1v) is 7.38. The van der Waals surface area contributed by atoms with Crippen LogP contribution in [0.25, 0.3) is 5.69 Å². The van der Waals surface area contributed by atoms with Gasteiger partial charge in [-0.1, -0.05) is 22.9 Å². The highest BCUT2D eigenvalue weighted by Gasteiger charge is 2.17. The lowest BCUT2D eigenvalue weighted by atomic mass is 10.2. The Kier molecular flexibility index (Phi) is 4.34. The molecular formula is C16H14ClN5O. The van der Waals surface area contributed by atoms with Crippen molar-refractivity contribution in [1.29, 1.82) is 0 Å². The van der Waals surface area contributed by atoms with Crippen molar-refractivity contribution in [3.8, 4) is 5.69 Å². The molecule has 0 aliphatic heterocycles. The molecule has 1 aromatic carbocycles. The second kappa shape index (κ2) is 6.58. The third kappa shape index (κ3) is 3.37. The van der Waals surface area contributed by atoms with Gasteiger partial charge in [-0.2, -0.15) is 0 Å². The largest absolute Gasteiger partial charge is 0.346 e. The fraction of sp³-hybridized carbons (Fsp3) is 0.125. The zero-order valence-corrected chi connectivity index (χ0v) is 13.2. The molecule has 0 unspecified atom stereocenters. The van der Waals surface area contributed by atoms with E-state index in [0.29, 0.717) is 23.0 Å². The first-order valence-electron chi connectivity index (χ1n) is 7.00. The van der Waals surface area contributed by atoms with Crippen LogP contribution < -0.4 is 5.32 Å². The topological polar surface area (TPSA) is 72.7 Å². The van der Waals surface area contributed by atoms with E-state index in [4.69, 9.17) is 11.6 Å². The van der Waals surface area contributed by atoms with Gasteiger partial charge < -0.3 is 5.32 Å². The number of pyridine rings is 1. The Balaban J connectivity index is 1.76. The molecular weight excluding hydrogens is 314 g/mol. The van der Waals surface area contributed by atoms with Crippen LogP contribution in [0.5, 0.6) is 0 Å². The van der Waals surface area contributed by atoms with Gasteiger partial charge in [-0.3, -0.25) is 9.78 Å². The zero-order valence-electron chi connectivity index (χ0n) is 12.4. The Hall–Kier alpha value is -2.73. The molecule has 3 aromatic rings. The third-order valence-electron chi connectivity index (χ3n) is 3.36. The first-order chi connectivity index (χ1) is 11.1. The molecule has 7 heteroatoms. The first kappa shape index (κ1) is 15.2. The number of carbonyl (C=O) groups excluding carboxylic acids is 1. The van der Waals surface area contributed by atoms with E-state index in [9.17, 15) is 4.79 Å². The van der Waals surface area contributed by atoms with Gasteiger partial charge in [0.2, 0.25) is 0 Å². The smallest absolute Gasteiger partial charge is 0.274 e. The van der Waals surface area contributed by atoms with Gasteiger partial charge in [0.05, 0.1) is 11.4 Å². The summed E-state index contributed by atoms with van der Waals surface area (Å²) in [5.74, 6) is -0.272. The number of amides is 1. The van der Waals surface area contributed by atoms with Gasteiger partial charge in [0.1, 0.15) is 0 Å². The number of hydrogen-bond acceptors (Lipinski definition) is 4. The molecule has 0 atom stereocenters. The van der Waals surface area contributed by atoms with Crippen molar-refractivity contribution < 1.29 is 4.79 Å². The predicted octanol–water partition coefficient (Wildman–Crippen LogP) is 2.55. The maximum atomic E-state index is 12.3. The van der Waals surface area contributed by atoms with Crippen LogP contribution in [0.3, 0.4) is 0 Å². The van der Waals surface area contributed by atoms with E-state index >= 15 is 0 Å². The van der Waals surface area contributed by atoms with E-state index in [1.807, 2.05) is 24.3 Å². The summed E-state index contributed by atoms with van der Waals surface area (Å²) in [6.07, 6.45) is 3.39. The summed E-state index contributed by atoms with van der Waals surface area (Å²) < 4.78 is 1.61. The molecule has 23 heavy (non-hydrogen) atoms. The predicted molar refractivity (Wildman–Crippen MR) is 86.5 cm³/mol. The van der Waals surface area contributed by atoms with E-state index in [1.54, 1.807) is 36.1 Å². The lowest BCUT2D eigenvalue weighted by Crippen LogP contribution is -2.24. The maximum absolute atomic E-state index is 12.3. The van der Waals surface area contributed by atoms with Gasteiger partial charge in [0.15, 0.2) is 5.69 Å².